The summed E-state index contributed by atoms with van der Waals surface area (Å²) in [5.41, 5.74) is 1.86. The summed E-state index contributed by atoms with van der Waals surface area (Å²) in [5.74, 6) is 0.104. The van der Waals surface area contributed by atoms with Gasteiger partial charge < -0.3 is 10.2 Å². The average Bonchev–Trinajstić information content (AvgIpc) is 3.15. The van der Waals surface area contributed by atoms with Crippen molar-refractivity contribution in [3.05, 3.63) is 58.8 Å². The van der Waals surface area contributed by atoms with Gasteiger partial charge in [0.1, 0.15) is 5.82 Å². The number of hydrogen-bond donors (Lipinski definition) is 1. The number of nitrogens with zero attached hydrogens (tertiary/aromatic N) is 5. The van der Waals surface area contributed by atoms with E-state index in [1.54, 1.807) is 42.5 Å². The Morgan fingerprint density at radius 2 is 1.97 bits per heavy atom. The lowest BCUT2D eigenvalue weighted by Crippen LogP contribution is -2.47. The number of benzene rings is 1. The third-order valence-electron chi connectivity index (χ3n) is 5.19. The Morgan fingerprint density at radius 3 is 2.70 bits per heavy atom. The molecule has 1 fully saturated rings. The molecular weight excluding hydrogens is 451 g/mol. The molecule has 3 heterocycles. The van der Waals surface area contributed by atoms with Gasteiger partial charge in [-0.05, 0) is 52.9 Å². The van der Waals surface area contributed by atoms with Gasteiger partial charge in [0, 0.05) is 50.3 Å². The van der Waals surface area contributed by atoms with E-state index < -0.39 is 0 Å². The van der Waals surface area contributed by atoms with Crippen LogP contribution in [0.2, 0.25) is 0 Å². The molecule has 0 spiro atoms. The van der Waals surface area contributed by atoms with Crippen LogP contribution >= 0.6 is 15.9 Å². The molecule has 0 bridgehead atoms. The molecule has 0 unspecified atom stereocenters. The van der Waals surface area contributed by atoms with Gasteiger partial charge in [0.2, 0.25) is 5.95 Å². The number of rotatable bonds is 5. The molecule has 7 nitrogen and oxygen atoms in total. The zero-order valence-corrected chi connectivity index (χ0v) is 18.1. The second-order valence-corrected chi connectivity index (χ2v) is 8.24. The molecule has 30 heavy (non-hydrogen) atoms. The van der Waals surface area contributed by atoms with Gasteiger partial charge in [0.25, 0.3) is 5.91 Å². The van der Waals surface area contributed by atoms with Gasteiger partial charge in [-0.2, -0.15) is 5.10 Å². The molecule has 0 saturated carbocycles. The van der Waals surface area contributed by atoms with Gasteiger partial charge in [-0.25, -0.2) is 14.4 Å². The standard InChI is InChI=1S/C21H22BrFN6O/c1-28-13-18(14-5-7-16(23)8-6-14)19(27-28)20(30)29-9-3-2-4-17(29)12-26-21-24-10-15(22)11-25-21/h5-8,10-11,13,17H,2-4,9,12H2,1H3,(H,24,25,26)/t17-/m0/s1. The Morgan fingerprint density at radius 1 is 1.23 bits per heavy atom. The largest absolute Gasteiger partial charge is 0.352 e. The van der Waals surface area contributed by atoms with E-state index in [0.29, 0.717) is 30.3 Å². The molecule has 156 valence electrons. The number of halogens is 2. The molecule has 2 aromatic heterocycles. The maximum atomic E-state index is 13.5. The van der Waals surface area contributed by atoms with Crippen molar-refractivity contribution in [1.82, 2.24) is 24.6 Å². The minimum absolute atomic E-state index is 0.0153. The van der Waals surface area contributed by atoms with E-state index in [0.717, 1.165) is 29.3 Å². The second kappa shape index (κ2) is 8.91. The van der Waals surface area contributed by atoms with Gasteiger partial charge in [-0.1, -0.05) is 12.1 Å². The molecule has 1 saturated heterocycles. The topological polar surface area (TPSA) is 75.9 Å². The number of likely N-dealkylation sites (tertiary alicyclic amines) is 1. The highest BCUT2D eigenvalue weighted by molar-refractivity contribution is 9.10. The molecule has 4 rings (SSSR count). The van der Waals surface area contributed by atoms with E-state index in [4.69, 9.17) is 0 Å². The molecule has 1 amide bonds. The van der Waals surface area contributed by atoms with Gasteiger partial charge in [-0.3, -0.25) is 9.48 Å². The van der Waals surface area contributed by atoms with Gasteiger partial charge in [-0.15, -0.1) is 0 Å². The molecule has 1 atom stereocenters. The quantitative estimate of drug-likeness (QED) is 0.609. The minimum atomic E-state index is -0.312. The summed E-state index contributed by atoms with van der Waals surface area (Å²) in [7, 11) is 1.78. The molecule has 0 radical (unpaired) electrons. The number of hydrogen-bond acceptors (Lipinski definition) is 5. The normalized spacial score (nSPS) is 16.5. The third-order valence-corrected chi connectivity index (χ3v) is 5.60. The summed E-state index contributed by atoms with van der Waals surface area (Å²) in [6, 6.07) is 6.14. The van der Waals surface area contributed by atoms with Crippen LogP contribution in [0.5, 0.6) is 0 Å². The van der Waals surface area contributed by atoms with Crippen LogP contribution < -0.4 is 5.32 Å². The summed E-state index contributed by atoms with van der Waals surface area (Å²) < 4.78 is 15.8. The van der Waals surface area contributed by atoms with E-state index >= 15 is 0 Å². The Kier molecular flexibility index (Phi) is 6.08. The number of nitrogens with one attached hydrogen (secondary N) is 1. The highest BCUT2D eigenvalue weighted by Crippen LogP contribution is 2.27. The predicted octanol–water partition coefficient (Wildman–Crippen LogP) is 3.89. The summed E-state index contributed by atoms with van der Waals surface area (Å²) >= 11 is 3.32. The molecule has 1 N–H and O–H groups in total. The van der Waals surface area contributed by atoms with E-state index in [1.165, 1.54) is 12.1 Å². The first-order valence-electron chi connectivity index (χ1n) is 9.83. The van der Waals surface area contributed by atoms with Crippen LogP contribution in [-0.2, 0) is 7.05 Å². The highest BCUT2D eigenvalue weighted by atomic mass is 79.9. The van der Waals surface area contributed by atoms with Crippen molar-refractivity contribution >= 4 is 27.8 Å². The van der Waals surface area contributed by atoms with Crippen LogP contribution in [-0.4, -0.2) is 49.7 Å². The van der Waals surface area contributed by atoms with Crippen molar-refractivity contribution in [2.45, 2.75) is 25.3 Å². The van der Waals surface area contributed by atoms with Crippen molar-refractivity contribution in [2.24, 2.45) is 7.05 Å². The molecule has 9 heteroatoms. The highest BCUT2D eigenvalue weighted by Gasteiger charge is 2.30. The van der Waals surface area contributed by atoms with E-state index in [-0.39, 0.29) is 17.8 Å². The average molecular weight is 473 g/mol. The zero-order chi connectivity index (χ0) is 21.1. The van der Waals surface area contributed by atoms with Crippen LogP contribution in [0.1, 0.15) is 29.8 Å². The number of piperidine rings is 1. The van der Waals surface area contributed by atoms with Crippen LogP contribution in [0.25, 0.3) is 11.1 Å². The first-order valence-corrected chi connectivity index (χ1v) is 10.6. The van der Waals surface area contributed by atoms with E-state index in [1.807, 2.05) is 4.90 Å². The number of carbonyl (C=O) groups excluding carboxylic acids is 1. The molecule has 1 aliphatic rings. The number of aromatic nitrogens is 4. The van der Waals surface area contributed by atoms with Crippen molar-refractivity contribution in [3.8, 4) is 11.1 Å². The van der Waals surface area contributed by atoms with E-state index in [9.17, 15) is 9.18 Å². The third kappa shape index (κ3) is 4.51. The zero-order valence-electron chi connectivity index (χ0n) is 16.6. The SMILES string of the molecule is Cn1cc(-c2ccc(F)cc2)c(C(=O)N2CCCC[C@H]2CNc2ncc(Br)cn2)n1. The van der Waals surface area contributed by atoms with Gasteiger partial charge in [0.05, 0.1) is 4.47 Å². The summed E-state index contributed by atoms with van der Waals surface area (Å²) in [4.78, 5) is 23.8. The minimum Gasteiger partial charge on any atom is -0.352 e. The molecule has 0 aliphatic carbocycles. The predicted molar refractivity (Wildman–Crippen MR) is 115 cm³/mol. The van der Waals surface area contributed by atoms with Crippen LogP contribution in [0.4, 0.5) is 10.3 Å². The molecule has 1 aliphatic heterocycles. The first kappa shape index (κ1) is 20.5. The van der Waals surface area contributed by atoms with Crippen LogP contribution in [0.15, 0.2) is 47.3 Å². The first-order chi connectivity index (χ1) is 14.5. The number of amides is 1. The van der Waals surface area contributed by atoms with Crippen molar-refractivity contribution in [2.75, 3.05) is 18.4 Å². The number of carbonyl (C=O) groups is 1. The monoisotopic (exact) mass is 472 g/mol. The maximum absolute atomic E-state index is 13.5. The summed E-state index contributed by atoms with van der Waals surface area (Å²) in [5, 5.41) is 7.66. The van der Waals surface area contributed by atoms with Crippen molar-refractivity contribution in [1.29, 1.82) is 0 Å². The fourth-order valence-electron chi connectivity index (χ4n) is 3.72. The van der Waals surface area contributed by atoms with Gasteiger partial charge >= 0.3 is 0 Å². The van der Waals surface area contributed by atoms with E-state index in [2.05, 4.69) is 36.3 Å². The Bertz CT molecular complexity index is 1020. The van der Waals surface area contributed by atoms with Crippen molar-refractivity contribution in [3.63, 3.8) is 0 Å². The fourth-order valence-corrected chi connectivity index (χ4v) is 3.92. The van der Waals surface area contributed by atoms with Crippen LogP contribution in [0, 0.1) is 5.82 Å². The lowest BCUT2D eigenvalue weighted by atomic mass is 10.00. The lowest BCUT2D eigenvalue weighted by Gasteiger charge is -2.35. The number of aryl methyl sites for hydroxylation is 1. The summed E-state index contributed by atoms with van der Waals surface area (Å²) in [6.45, 7) is 1.23. The van der Waals surface area contributed by atoms with Crippen molar-refractivity contribution < 1.29 is 9.18 Å². The Labute approximate surface area is 182 Å². The second-order valence-electron chi connectivity index (χ2n) is 7.33. The summed E-state index contributed by atoms with van der Waals surface area (Å²) in [6.07, 6.45) is 8.07. The number of anilines is 1. The lowest BCUT2D eigenvalue weighted by molar-refractivity contribution is 0.0622. The van der Waals surface area contributed by atoms with Gasteiger partial charge in [0.15, 0.2) is 5.69 Å². The Balaban J connectivity index is 1.55. The molecule has 1 aromatic carbocycles. The smallest absolute Gasteiger partial charge is 0.275 e. The fraction of sp³-hybridized carbons (Fsp3) is 0.333. The molecule has 3 aromatic rings. The van der Waals surface area contributed by atoms with Crippen LogP contribution in [0.3, 0.4) is 0 Å². The maximum Gasteiger partial charge on any atom is 0.275 e. The molecular formula is C21H22BrFN6O. The Hall–Kier alpha value is -2.81.